The molecule has 9 heavy (non-hydrogen) atoms. The van der Waals surface area contributed by atoms with Crippen LogP contribution in [0, 0.1) is 6.39 Å². The van der Waals surface area contributed by atoms with Crippen molar-refractivity contribution in [1.29, 1.82) is 0 Å². The summed E-state index contributed by atoms with van der Waals surface area (Å²) in [6.07, 6.45) is 2.29. The molecule has 49 valence electrons. The molecule has 0 aliphatic rings. The van der Waals surface area contributed by atoms with Crippen molar-refractivity contribution in [3.8, 4) is 0 Å². The first-order chi connectivity index (χ1) is 4.43. The van der Waals surface area contributed by atoms with Crippen LogP contribution >= 0.6 is 11.8 Å². The normalized spacial score (nSPS) is 9.89. The highest BCUT2D eigenvalue weighted by atomic mass is 32.2. The van der Waals surface area contributed by atoms with Crippen molar-refractivity contribution in [2.24, 2.45) is 0 Å². The topological polar surface area (TPSA) is 38.9 Å². The Bertz CT molecular complexity index is 152. The zero-order chi connectivity index (χ0) is 6.53. The Kier molecular flexibility index (Phi) is 2.57. The summed E-state index contributed by atoms with van der Waals surface area (Å²) in [7, 11) is 0. The molecule has 0 aromatic carbocycles. The molecule has 0 fully saturated rings. The molecule has 0 unspecified atom stereocenters. The van der Waals surface area contributed by atoms with E-state index in [0.717, 1.165) is 11.5 Å². The lowest BCUT2D eigenvalue weighted by Crippen LogP contribution is -1.79. The number of thioether (sulfide) groups is 1. The lowest BCUT2D eigenvalue weighted by Gasteiger charge is -1.87. The maximum Gasteiger partial charge on any atom is 0.305 e. The quantitative estimate of drug-likeness (QED) is 0.635. The van der Waals surface area contributed by atoms with E-state index in [-0.39, 0.29) is 0 Å². The molecule has 0 saturated carbocycles. The second kappa shape index (κ2) is 3.50. The van der Waals surface area contributed by atoms with E-state index in [1.165, 1.54) is 0 Å². The molecule has 0 aliphatic heterocycles. The fourth-order valence-corrected chi connectivity index (χ4v) is 0.913. The van der Waals surface area contributed by atoms with Gasteiger partial charge in [0.25, 0.3) is 0 Å². The van der Waals surface area contributed by atoms with Crippen molar-refractivity contribution >= 4 is 11.8 Å². The van der Waals surface area contributed by atoms with Crippen LogP contribution in [0.15, 0.2) is 4.42 Å². The first-order valence-electron chi connectivity index (χ1n) is 2.69. The van der Waals surface area contributed by atoms with Crippen molar-refractivity contribution in [3.63, 3.8) is 0 Å². The van der Waals surface area contributed by atoms with Crippen LogP contribution in [0.4, 0.5) is 0 Å². The number of rotatable bonds is 3. The summed E-state index contributed by atoms with van der Waals surface area (Å²) >= 11 is 1.75. The average molecular weight is 143 g/mol. The molecule has 1 heterocycles. The van der Waals surface area contributed by atoms with Crippen LogP contribution in [-0.4, -0.2) is 16.0 Å². The van der Waals surface area contributed by atoms with Gasteiger partial charge in [-0.15, -0.1) is 10.2 Å². The molecule has 0 atom stereocenters. The highest BCUT2D eigenvalue weighted by Crippen LogP contribution is 2.06. The van der Waals surface area contributed by atoms with Gasteiger partial charge in [0.15, 0.2) is 0 Å². The van der Waals surface area contributed by atoms with Gasteiger partial charge in [-0.3, -0.25) is 0 Å². The minimum atomic E-state index is 0.654. The Morgan fingerprint density at radius 2 is 2.67 bits per heavy atom. The largest absolute Gasteiger partial charge is 0.416 e. The monoisotopic (exact) mass is 143 g/mol. The molecule has 0 aliphatic carbocycles. The van der Waals surface area contributed by atoms with Crippen LogP contribution < -0.4 is 0 Å². The molecule has 1 rings (SSSR count). The van der Waals surface area contributed by atoms with E-state index in [2.05, 4.69) is 23.5 Å². The summed E-state index contributed by atoms with van der Waals surface area (Å²) in [5, 5.41) is 7.08. The molecule has 1 radical (unpaired) electrons. The number of hydrogen-bond donors (Lipinski definition) is 0. The lowest BCUT2D eigenvalue weighted by molar-refractivity contribution is 0.506. The highest BCUT2D eigenvalue weighted by Gasteiger charge is 1.95. The van der Waals surface area contributed by atoms with Gasteiger partial charge in [-0.2, -0.15) is 11.8 Å². The minimum Gasteiger partial charge on any atom is -0.416 e. The van der Waals surface area contributed by atoms with Gasteiger partial charge in [-0.1, -0.05) is 6.92 Å². The molecular weight excluding hydrogens is 136 g/mol. The molecule has 0 N–H and O–H groups in total. The Morgan fingerprint density at radius 3 is 3.22 bits per heavy atom. The molecule has 4 heteroatoms. The third kappa shape index (κ3) is 2.05. The summed E-state index contributed by atoms with van der Waals surface area (Å²) in [4.78, 5) is 0. The van der Waals surface area contributed by atoms with E-state index in [0.29, 0.717) is 5.89 Å². The Labute approximate surface area is 57.9 Å². The summed E-state index contributed by atoms with van der Waals surface area (Å²) in [6.45, 7) is 2.09. The van der Waals surface area contributed by atoms with Crippen molar-refractivity contribution in [2.45, 2.75) is 12.7 Å². The van der Waals surface area contributed by atoms with Crippen LogP contribution in [0.1, 0.15) is 12.8 Å². The third-order valence-electron chi connectivity index (χ3n) is 0.795. The van der Waals surface area contributed by atoms with Crippen LogP contribution in [0.2, 0.25) is 0 Å². The molecule has 0 saturated heterocycles. The summed E-state index contributed by atoms with van der Waals surface area (Å²) in [5.41, 5.74) is 0. The number of aromatic nitrogens is 2. The van der Waals surface area contributed by atoms with Crippen molar-refractivity contribution in [1.82, 2.24) is 10.2 Å². The zero-order valence-electron chi connectivity index (χ0n) is 5.13. The van der Waals surface area contributed by atoms with Crippen LogP contribution in [0.25, 0.3) is 0 Å². The summed E-state index contributed by atoms with van der Waals surface area (Å²) in [5.74, 6) is 2.52. The molecule has 1 aromatic heterocycles. The molecule has 0 amide bonds. The van der Waals surface area contributed by atoms with E-state index < -0.39 is 0 Å². The Balaban J connectivity index is 2.30. The maximum absolute atomic E-state index is 4.77. The zero-order valence-corrected chi connectivity index (χ0v) is 5.94. The number of hydrogen-bond acceptors (Lipinski definition) is 4. The predicted molar refractivity (Wildman–Crippen MR) is 35.0 cm³/mol. The van der Waals surface area contributed by atoms with E-state index >= 15 is 0 Å². The first-order valence-corrected chi connectivity index (χ1v) is 3.85. The van der Waals surface area contributed by atoms with Crippen molar-refractivity contribution in [3.05, 3.63) is 12.3 Å². The van der Waals surface area contributed by atoms with Gasteiger partial charge in [0.1, 0.15) is 0 Å². The molecule has 0 bridgehead atoms. The predicted octanol–water partition coefficient (Wildman–Crippen LogP) is 1.12. The van der Waals surface area contributed by atoms with Crippen molar-refractivity contribution < 1.29 is 4.42 Å². The van der Waals surface area contributed by atoms with Gasteiger partial charge < -0.3 is 4.42 Å². The van der Waals surface area contributed by atoms with Gasteiger partial charge in [0.2, 0.25) is 5.89 Å². The SMILES string of the molecule is CCSCc1nn[c]o1. The van der Waals surface area contributed by atoms with E-state index in [4.69, 9.17) is 4.42 Å². The van der Waals surface area contributed by atoms with Crippen LogP contribution in [0.5, 0.6) is 0 Å². The maximum atomic E-state index is 4.77. The van der Waals surface area contributed by atoms with Gasteiger partial charge in [-0.25, -0.2) is 0 Å². The summed E-state index contributed by atoms with van der Waals surface area (Å²) in [6, 6.07) is 0. The minimum absolute atomic E-state index is 0.654. The fourth-order valence-electron chi connectivity index (χ4n) is 0.417. The van der Waals surface area contributed by atoms with Gasteiger partial charge in [0.05, 0.1) is 5.75 Å². The van der Waals surface area contributed by atoms with E-state index in [1.54, 1.807) is 11.8 Å². The average Bonchev–Trinajstić information content (AvgIpc) is 2.34. The second-order valence-electron chi connectivity index (χ2n) is 1.42. The fraction of sp³-hybridized carbons (Fsp3) is 0.600. The van der Waals surface area contributed by atoms with Gasteiger partial charge in [0, 0.05) is 0 Å². The van der Waals surface area contributed by atoms with E-state index in [9.17, 15) is 0 Å². The van der Waals surface area contributed by atoms with Gasteiger partial charge >= 0.3 is 6.39 Å². The van der Waals surface area contributed by atoms with E-state index in [1.807, 2.05) is 0 Å². The first kappa shape index (κ1) is 6.61. The second-order valence-corrected chi connectivity index (χ2v) is 2.70. The molecule has 0 spiro atoms. The summed E-state index contributed by atoms with van der Waals surface area (Å²) < 4.78 is 4.77. The van der Waals surface area contributed by atoms with Crippen LogP contribution in [-0.2, 0) is 5.75 Å². The van der Waals surface area contributed by atoms with Crippen LogP contribution in [0.3, 0.4) is 0 Å². The Hall–Kier alpha value is -0.510. The standard InChI is InChI=1S/C5H7N2OS/c1-2-9-3-5-7-6-4-8-5/h2-3H2,1H3. The van der Waals surface area contributed by atoms with Crippen molar-refractivity contribution in [2.75, 3.05) is 5.75 Å². The molecular formula is C5H7N2OS. The third-order valence-corrected chi connectivity index (χ3v) is 1.65. The van der Waals surface area contributed by atoms with Gasteiger partial charge in [-0.05, 0) is 5.75 Å². The highest BCUT2D eigenvalue weighted by molar-refractivity contribution is 7.98. The molecule has 1 aromatic rings. The lowest BCUT2D eigenvalue weighted by atomic mass is 10.8. The smallest absolute Gasteiger partial charge is 0.305 e. The molecule has 3 nitrogen and oxygen atoms in total. The number of nitrogens with zero attached hydrogens (tertiary/aromatic N) is 2. The Morgan fingerprint density at radius 1 is 1.78 bits per heavy atom.